The number of aliphatic imine (C=N–C) groups is 1. The van der Waals surface area contributed by atoms with Crippen LogP contribution in [0.3, 0.4) is 0 Å². The molecule has 0 atom stereocenters. The minimum atomic E-state index is 0.518. The van der Waals surface area contributed by atoms with Crippen molar-refractivity contribution in [2.75, 3.05) is 25.5 Å². The van der Waals surface area contributed by atoms with Gasteiger partial charge in [-0.25, -0.2) is 4.98 Å². The fourth-order valence-electron chi connectivity index (χ4n) is 4.11. The van der Waals surface area contributed by atoms with E-state index in [1.54, 1.807) is 6.21 Å². The van der Waals surface area contributed by atoms with Crippen molar-refractivity contribution in [1.29, 1.82) is 0 Å². The summed E-state index contributed by atoms with van der Waals surface area (Å²) in [5.74, 6) is 1.30. The predicted octanol–water partition coefficient (Wildman–Crippen LogP) is 5.97. The van der Waals surface area contributed by atoms with Crippen LogP contribution in [0.2, 0.25) is 0 Å². The Bertz CT molecular complexity index is 1170. The highest BCUT2D eigenvalue weighted by atomic mass is 15.1. The number of likely N-dealkylation sites (tertiary alicyclic amines) is 1. The van der Waals surface area contributed by atoms with Gasteiger partial charge in [-0.15, -0.1) is 0 Å². The smallest absolute Gasteiger partial charge is 0.130 e. The van der Waals surface area contributed by atoms with Gasteiger partial charge < -0.3 is 10.2 Å². The van der Waals surface area contributed by atoms with Crippen molar-refractivity contribution in [3.05, 3.63) is 78.4 Å². The zero-order valence-electron chi connectivity index (χ0n) is 19.2. The lowest BCUT2D eigenvalue weighted by molar-refractivity contribution is 0.253. The van der Waals surface area contributed by atoms with Gasteiger partial charge in [0, 0.05) is 53.1 Å². The van der Waals surface area contributed by atoms with E-state index in [4.69, 9.17) is 0 Å². The summed E-state index contributed by atoms with van der Waals surface area (Å²) < 4.78 is 0. The molecule has 0 unspecified atom stereocenters. The minimum absolute atomic E-state index is 0.518. The summed E-state index contributed by atoms with van der Waals surface area (Å²) in [6.07, 6.45) is 9.77. The molecule has 32 heavy (non-hydrogen) atoms. The van der Waals surface area contributed by atoms with Crippen molar-refractivity contribution in [1.82, 2.24) is 14.9 Å². The molecule has 164 valence electrons. The fourth-order valence-corrected chi connectivity index (χ4v) is 4.11. The molecule has 5 heteroatoms. The Labute approximate surface area is 190 Å². The second-order valence-corrected chi connectivity index (χ2v) is 8.50. The maximum atomic E-state index is 4.65. The number of aromatic nitrogens is 2. The van der Waals surface area contributed by atoms with E-state index in [1.165, 1.54) is 0 Å². The van der Waals surface area contributed by atoms with Crippen LogP contribution < -0.4 is 5.32 Å². The van der Waals surface area contributed by atoms with Crippen LogP contribution in [-0.4, -0.2) is 41.2 Å². The van der Waals surface area contributed by atoms with Crippen molar-refractivity contribution in [3.63, 3.8) is 0 Å². The van der Waals surface area contributed by atoms with Crippen LogP contribution in [0, 0.1) is 0 Å². The van der Waals surface area contributed by atoms with Crippen molar-refractivity contribution in [2.24, 2.45) is 4.99 Å². The van der Waals surface area contributed by atoms with Crippen molar-refractivity contribution in [2.45, 2.75) is 32.6 Å². The van der Waals surface area contributed by atoms with Crippen molar-refractivity contribution in [3.8, 4) is 0 Å². The van der Waals surface area contributed by atoms with Crippen LogP contribution in [0.25, 0.3) is 22.0 Å². The van der Waals surface area contributed by atoms with Crippen LogP contribution in [0.15, 0.2) is 66.6 Å². The maximum Gasteiger partial charge on any atom is 0.130 e. The lowest BCUT2D eigenvalue weighted by atomic mass is 9.92. The maximum absolute atomic E-state index is 4.65. The number of benzene rings is 1. The van der Waals surface area contributed by atoms with E-state index in [2.05, 4.69) is 76.1 Å². The monoisotopic (exact) mass is 425 g/mol. The number of fused-ring (bicyclic) bond motifs is 1. The van der Waals surface area contributed by atoms with E-state index < -0.39 is 0 Å². The van der Waals surface area contributed by atoms with E-state index in [0.717, 1.165) is 70.6 Å². The number of nitrogens with one attached hydrogen (secondary N) is 1. The topological polar surface area (TPSA) is 53.4 Å². The lowest BCUT2D eigenvalue weighted by Crippen LogP contribution is -2.29. The van der Waals surface area contributed by atoms with E-state index in [9.17, 15) is 0 Å². The molecule has 2 aromatic heterocycles. The van der Waals surface area contributed by atoms with Gasteiger partial charge in [0.2, 0.25) is 0 Å². The first kappa shape index (κ1) is 21.9. The molecule has 1 N–H and O–H groups in total. The zero-order chi connectivity index (χ0) is 22.5. The van der Waals surface area contributed by atoms with E-state index in [0.29, 0.717) is 5.92 Å². The van der Waals surface area contributed by atoms with Crippen molar-refractivity contribution >= 4 is 34.1 Å². The number of nitrogens with zero attached hydrogens (tertiary/aromatic N) is 4. The Morgan fingerprint density at radius 1 is 1.09 bits per heavy atom. The largest absolute Gasteiger partial charge is 0.340 e. The van der Waals surface area contributed by atoms with Crippen LogP contribution in [0.4, 0.5) is 5.82 Å². The first-order valence-electron chi connectivity index (χ1n) is 11.2. The first-order chi connectivity index (χ1) is 15.5. The fraction of sp³-hybridized carbons (Fsp3) is 0.296. The molecule has 0 aliphatic carbocycles. The van der Waals surface area contributed by atoms with Crippen LogP contribution in [-0.2, 0) is 0 Å². The second kappa shape index (κ2) is 9.88. The van der Waals surface area contributed by atoms with Gasteiger partial charge in [-0.3, -0.25) is 9.98 Å². The number of hydrogen-bond donors (Lipinski definition) is 1. The Morgan fingerprint density at radius 2 is 1.91 bits per heavy atom. The predicted molar refractivity (Wildman–Crippen MR) is 136 cm³/mol. The highest BCUT2D eigenvalue weighted by Crippen LogP contribution is 2.28. The normalized spacial score (nSPS) is 16.0. The molecule has 0 spiro atoms. The van der Waals surface area contributed by atoms with E-state index >= 15 is 0 Å². The summed E-state index contributed by atoms with van der Waals surface area (Å²) in [7, 11) is 2.18. The zero-order valence-corrected chi connectivity index (χ0v) is 19.2. The SMILES string of the molecule is C=C(Nc1cc2cc(/C(C)=C/N=C\C)ccc2cn1)c1ccnc(C2CCN(C)CC2)c1. The molecular weight excluding hydrogens is 394 g/mol. The highest BCUT2D eigenvalue weighted by molar-refractivity contribution is 5.88. The average molecular weight is 426 g/mol. The second-order valence-electron chi connectivity index (χ2n) is 8.50. The Balaban J connectivity index is 1.52. The summed E-state index contributed by atoms with van der Waals surface area (Å²) in [6.45, 7) is 10.5. The Kier molecular flexibility index (Phi) is 6.76. The molecule has 3 heterocycles. The van der Waals surface area contributed by atoms with Gasteiger partial charge in [0.1, 0.15) is 5.82 Å². The molecule has 1 aliphatic rings. The highest BCUT2D eigenvalue weighted by Gasteiger charge is 2.19. The van der Waals surface area contributed by atoms with Gasteiger partial charge in [0.25, 0.3) is 0 Å². The number of anilines is 1. The molecule has 4 rings (SSSR count). The summed E-state index contributed by atoms with van der Waals surface area (Å²) in [5.41, 5.74) is 5.32. The average Bonchev–Trinajstić information content (AvgIpc) is 2.82. The van der Waals surface area contributed by atoms with Gasteiger partial charge in [0.05, 0.1) is 0 Å². The standard InChI is InChI=1S/C27H31N5/c1-5-28-17-19(2)22-6-7-24-18-30-27(16-25(24)14-22)31-20(3)23-8-11-29-26(15-23)21-9-12-32(4)13-10-21/h5-8,11,14-18,21H,3,9-10,12-13H2,1-2,4H3,(H,30,31)/b19-17+,28-5-. The molecule has 1 fully saturated rings. The van der Waals surface area contributed by atoms with Gasteiger partial charge in [0.15, 0.2) is 0 Å². The molecule has 1 aromatic carbocycles. The number of pyridine rings is 2. The summed E-state index contributed by atoms with van der Waals surface area (Å²) in [4.78, 5) is 15.8. The molecule has 0 radical (unpaired) electrons. The Morgan fingerprint density at radius 3 is 2.69 bits per heavy atom. The molecular formula is C27H31N5. The molecule has 0 saturated carbocycles. The van der Waals surface area contributed by atoms with Crippen LogP contribution >= 0.6 is 0 Å². The van der Waals surface area contributed by atoms with Crippen molar-refractivity contribution < 1.29 is 0 Å². The van der Waals surface area contributed by atoms with E-state index in [-0.39, 0.29) is 0 Å². The van der Waals surface area contributed by atoms with E-state index in [1.807, 2.05) is 31.6 Å². The van der Waals surface area contributed by atoms with Crippen LogP contribution in [0.5, 0.6) is 0 Å². The van der Waals surface area contributed by atoms with Gasteiger partial charge in [-0.05, 0) is 87.6 Å². The number of hydrogen-bond acceptors (Lipinski definition) is 5. The number of piperidine rings is 1. The van der Waals surface area contributed by atoms with Gasteiger partial charge >= 0.3 is 0 Å². The van der Waals surface area contributed by atoms with Crippen LogP contribution in [0.1, 0.15) is 49.4 Å². The minimum Gasteiger partial charge on any atom is -0.340 e. The molecule has 3 aromatic rings. The summed E-state index contributed by atoms with van der Waals surface area (Å²) in [5, 5.41) is 5.62. The lowest BCUT2D eigenvalue weighted by Gasteiger charge is -2.28. The first-order valence-corrected chi connectivity index (χ1v) is 11.2. The number of rotatable bonds is 6. The van der Waals surface area contributed by atoms with Gasteiger partial charge in [-0.2, -0.15) is 0 Å². The Hall–Kier alpha value is -3.31. The molecule has 0 amide bonds. The molecule has 1 aliphatic heterocycles. The molecule has 5 nitrogen and oxygen atoms in total. The van der Waals surface area contributed by atoms with Gasteiger partial charge in [-0.1, -0.05) is 18.7 Å². The third-order valence-electron chi connectivity index (χ3n) is 6.14. The third kappa shape index (κ3) is 5.11. The molecule has 0 bridgehead atoms. The molecule has 1 saturated heterocycles. The number of allylic oxidation sites excluding steroid dienone is 1. The third-order valence-corrected chi connectivity index (χ3v) is 6.14. The summed E-state index contributed by atoms with van der Waals surface area (Å²) >= 11 is 0. The quantitative estimate of drug-likeness (QED) is 0.494. The summed E-state index contributed by atoms with van der Waals surface area (Å²) in [6, 6.07) is 12.6.